The van der Waals surface area contributed by atoms with Gasteiger partial charge in [0.05, 0.1) is 5.69 Å². The van der Waals surface area contributed by atoms with Crippen molar-refractivity contribution in [3.8, 4) is 0 Å². The molecule has 2 aliphatic heterocycles. The molecule has 6 heteroatoms. The summed E-state index contributed by atoms with van der Waals surface area (Å²) in [6.45, 7) is 4.49. The van der Waals surface area contributed by atoms with Crippen LogP contribution >= 0.6 is 0 Å². The fourth-order valence-corrected chi connectivity index (χ4v) is 4.07. The lowest BCUT2D eigenvalue weighted by Crippen LogP contribution is -2.51. The molecule has 3 heterocycles. The zero-order valence-corrected chi connectivity index (χ0v) is 15.4. The first-order valence-corrected chi connectivity index (χ1v) is 9.65. The van der Waals surface area contributed by atoms with Gasteiger partial charge in [0.25, 0.3) is 0 Å². The van der Waals surface area contributed by atoms with Gasteiger partial charge in [0.2, 0.25) is 5.91 Å². The van der Waals surface area contributed by atoms with Crippen LogP contribution in [0.4, 0.5) is 15.8 Å². The summed E-state index contributed by atoms with van der Waals surface area (Å²) in [7, 11) is 0. The minimum Gasteiger partial charge on any atom is -0.371 e. The molecular formula is C21H25FN4O. The largest absolute Gasteiger partial charge is 0.371 e. The lowest BCUT2D eigenvalue weighted by atomic mass is 9.94. The molecular weight excluding hydrogens is 343 g/mol. The standard InChI is InChI=1S/C21H25FN4O/c22-19-3-1-2-4-20(19)25-13-15-26(16-14-25)21(27)17-7-11-24(12-8-17)18-5-9-23-10-6-18/h1-6,9-10,17H,7-8,11-16H2. The molecule has 4 rings (SSSR count). The molecule has 0 saturated carbocycles. The number of hydrogen-bond acceptors (Lipinski definition) is 4. The SMILES string of the molecule is O=C(C1CCN(c2ccncc2)CC1)N1CCN(c2ccccc2F)CC1. The Morgan fingerprint density at radius 1 is 0.889 bits per heavy atom. The number of anilines is 2. The van der Waals surface area contributed by atoms with Crippen LogP contribution in [0.1, 0.15) is 12.8 Å². The molecule has 2 fully saturated rings. The van der Waals surface area contributed by atoms with E-state index in [4.69, 9.17) is 0 Å². The molecule has 27 heavy (non-hydrogen) atoms. The van der Waals surface area contributed by atoms with Gasteiger partial charge in [-0.25, -0.2) is 4.39 Å². The first kappa shape index (κ1) is 17.8. The van der Waals surface area contributed by atoms with Gasteiger partial charge < -0.3 is 14.7 Å². The maximum absolute atomic E-state index is 14.0. The van der Waals surface area contributed by atoms with E-state index in [1.807, 2.05) is 46.5 Å². The van der Waals surface area contributed by atoms with Crippen LogP contribution in [0.5, 0.6) is 0 Å². The van der Waals surface area contributed by atoms with Crippen molar-refractivity contribution in [3.05, 3.63) is 54.6 Å². The highest BCUT2D eigenvalue weighted by atomic mass is 19.1. The minimum atomic E-state index is -0.194. The molecule has 2 aromatic rings. The van der Waals surface area contributed by atoms with Gasteiger partial charge in [-0.3, -0.25) is 9.78 Å². The smallest absolute Gasteiger partial charge is 0.225 e. The molecule has 0 N–H and O–H groups in total. The molecule has 142 valence electrons. The minimum absolute atomic E-state index is 0.100. The maximum Gasteiger partial charge on any atom is 0.225 e. The summed E-state index contributed by atoms with van der Waals surface area (Å²) in [6, 6.07) is 10.9. The summed E-state index contributed by atoms with van der Waals surface area (Å²) in [4.78, 5) is 23.3. The predicted octanol–water partition coefficient (Wildman–Crippen LogP) is 2.79. The summed E-state index contributed by atoms with van der Waals surface area (Å²) < 4.78 is 14.0. The monoisotopic (exact) mass is 368 g/mol. The Bertz CT molecular complexity index is 769. The quantitative estimate of drug-likeness (QED) is 0.835. The number of benzene rings is 1. The third kappa shape index (κ3) is 3.89. The molecule has 1 aromatic carbocycles. The van der Waals surface area contributed by atoms with Crippen molar-refractivity contribution in [3.63, 3.8) is 0 Å². The highest BCUT2D eigenvalue weighted by Gasteiger charge is 2.30. The van der Waals surface area contributed by atoms with E-state index in [0.717, 1.165) is 25.9 Å². The van der Waals surface area contributed by atoms with E-state index in [9.17, 15) is 9.18 Å². The van der Waals surface area contributed by atoms with Crippen molar-refractivity contribution >= 4 is 17.3 Å². The summed E-state index contributed by atoms with van der Waals surface area (Å²) in [5.74, 6) is 0.168. The van der Waals surface area contributed by atoms with Crippen LogP contribution in [0, 0.1) is 11.7 Å². The Hall–Kier alpha value is -2.63. The molecule has 1 aromatic heterocycles. The molecule has 0 unspecified atom stereocenters. The predicted molar refractivity (Wildman–Crippen MR) is 104 cm³/mol. The number of carbonyl (C=O) groups is 1. The number of halogens is 1. The van der Waals surface area contributed by atoms with E-state index >= 15 is 0 Å². The fourth-order valence-electron chi connectivity index (χ4n) is 4.07. The van der Waals surface area contributed by atoms with Crippen molar-refractivity contribution in [1.82, 2.24) is 9.88 Å². The van der Waals surface area contributed by atoms with Crippen molar-refractivity contribution in [2.24, 2.45) is 5.92 Å². The molecule has 0 atom stereocenters. The zero-order valence-electron chi connectivity index (χ0n) is 15.4. The maximum atomic E-state index is 14.0. The van der Waals surface area contributed by atoms with Crippen LogP contribution in [0.3, 0.4) is 0 Å². The second kappa shape index (κ2) is 7.94. The highest BCUT2D eigenvalue weighted by molar-refractivity contribution is 5.79. The summed E-state index contributed by atoms with van der Waals surface area (Å²) in [5, 5.41) is 0. The average Bonchev–Trinajstić information content (AvgIpc) is 2.74. The van der Waals surface area contributed by atoms with Gasteiger partial charge in [-0.05, 0) is 37.1 Å². The third-order valence-electron chi connectivity index (χ3n) is 5.66. The first-order valence-electron chi connectivity index (χ1n) is 9.65. The first-order chi connectivity index (χ1) is 13.2. The Balaban J connectivity index is 1.29. The number of pyridine rings is 1. The van der Waals surface area contributed by atoms with Gasteiger partial charge in [-0.1, -0.05) is 12.1 Å². The number of carbonyl (C=O) groups excluding carboxylic acids is 1. The second-order valence-electron chi connectivity index (χ2n) is 7.23. The van der Waals surface area contributed by atoms with Crippen molar-refractivity contribution in [2.45, 2.75) is 12.8 Å². The lowest BCUT2D eigenvalue weighted by molar-refractivity contribution is -0.136. The topological polar surface area (TPSA) is 39.7 Å². The van der Waals surface area contributed by atoms with Crippen molar-refractivity contribution < 1.29 is 9.18 Å². The van der Waals surface area contributed by atoms with Gasteiger partial charge in [-0.15, -0.1) is 0 Å². The molecule has 1 amide bonds. The number of rotatable bonds is 3. The van der Waals surface area contributed by atoms with Gasteiger partial charge in [0, 0.05) is 63.3 Å². The zero-order chi connectivity index (χ0) is 18.6. The van der Waals surface area contributed by atoms with E-state index < -0.39 is 0 Å². The molecule has 0 radical (unpaired) electrons. The number of nitrogens with zero attached hydrogens (tertiary/aromatic N) is 4. The van der Waals surface area contributed by atoms with Gasteiger partial charge >= 0.3 is 0 Å². The summed E-state index contributed by atoms with van der Waals surface area (Å²) in [5.41, 5.74) is 1.81. The van der Waals surface area contributed by atoms with Gasteiger partial charge in [-0.2, -0.15) is 0 Å². The number of piperazine rings is 1. The van der Waals surface area contributed by atoms with Gasteiger partial charge in [0.1, 0.15) is 5.82 Å². The summed E-state index contributed by atoms with van der Waals surface area (Å²) >= 11 is 0. The summed E-state index contributed by atoms with van der Waals surface area (Å²) in [6.07, 6.45) is 5.38. The van der Waals surface area contributed by atoms with E-state index in [1.165, 1.54) is 11.8 Å². The molecule has 0 spiro atoms. The fraction of sp³-hybridized carbons (Fsp3) is 0.429. The third-order valence-corrected chi connectivity index (χ3v) is 5.66. The van der Waals surface area contributed by atoms with Gasteiger partial charge in [0.15, 0.2) is 0 Å². The molecule has 2 aliphatic rings. The van der Waals surface area contributed by atoms with Crippen LogP contribution in [-0.4, -0.2) is 55.1 Å². The van der Waals surface area contributed by atoms with Crippen LogP contribution < -0.4 is 9.80 Å². The van der Waals surface area contributed by atoms with E-state index in [-0.39, 0.29) is 17.6 Å². The van der Waals surface area contributed by atoms with Crippen molar-refractivity contribution in [2.75, 3.05) is 49.1 Å². The Morgan fingerprint density at radius 2 is 1.56 bits per heavy atom. The number of amides is 1. The van der Waals surface area contributed by atoms with Crippen LogP contribution in [0.15, 0.2) is 48.8 Å². The number of piperidine rings is 1. The van der Waals surface area contributed by atoms with Crippen LogP contribution in [-0.2, 0) is 4.79 Å². The number of aromatic nitrogens is 1. The molecule has 0 bridgehead atoms. The van der Waals surface area contributed by atoms with Crippen molar-refractivity contribution in [1.29, 1.82) is 0 Å². The number of para-hydroxylation sites is 1. The Labute approximate surface area is 159 Å². The highest BCUT2D eigenvalue weighted by Crippen LogP contribution is 2.25. The van der Waals surface area contributed by atoms with E-state index in [2.05, 4.69) is 9.88 Å². The Kier molecular flexibility index (Phi) is 5.23. The van der Waals surface area contributed by atoms with E-state index in [1.54, 1.807) is 6.07 Å². The van der Waals surface area contributed by atoms with E-state index in [0.29, 0.717) is 31.9 Å². The number of hydrogen-bond donors (Lipinski definition) is 0. The normalized spacial score (nSPS) is 18.6. The Morgan fingerprint density at radius 3 is 2.22 bits per heavy atom. The molecule has 5 nitrogen and oxygen atoms in total. The molecule has 2 saturated heterocycles. The van der Waals surface area contributed by atoms with Crippen LogP contribution in [0.2, 0.25) is 0 Å². The second-order valence-corrected chi connectivity index (χ2v) is 7.23. The molecule has 0 aliphatic carbocycles. The average molecular weight is 368 g/mol. The lowest BCUT2D eigenvalue weighted by Gasteiger charge is -2.39. The van der Waals surface area contributed by atoms with Crippen LogP contribution in [0.25, 0.3) is 0 Å².